The molecule has 82 valence electrons. The summed E-state index contributed by atoms with van der Waals surface area (Å²) in [6.07, 6.45) is 0. The third-order valence-corrected chi connectivity index (χ3v) is 2.56. The highest BCUT2D eigenvalue weighted by Crippen LogP contribution is 2.29. The van der Waals surface area contributed by atoms with Gasteiger partial charge in [0.05, 0.1) is 23.9 Å². The predicted octanol–water partition coefficient (Wildman–Crippen LogP) is 0.916. The quantitative estimate of drug-likeness (QED) is 0.563. The molecule has 5 heteroatoms. The average molecular weight is 219 g/mol. The van der Waals surface area contributed by atoms with E-state index < -0.39 is 17.7 Å². The Morgan fingerprint density at radius 3 is 2.62 bits per heavy atom. The molecular formula is C11H9NO4. The summed E-state index contributed by atoms with van der Waals surface area (Å²) in [5.74, 6) is -1.73. The Morgan fingerprint density at radius 1 is 1.31 bits per heavy atom. The van der Waals surface area contributed by atoms with Crippen molar-refractivity contribution in [3.8, 4) is 0 Å². The molecule has 5 nitrogen and oxygen atoms in total. The first-order chi connectivity index (χ1) is 7.56. The highest BCUT2D eigenvalue weighted by atomic mass is 16.5. The van der Waals surface area contributed by atoms with Crippen molar-refractivity contribution in [1.29, 1.82) is 0 Å². The van der Waals surface area contributed by atoms with E-state index in [1.54, 1.807) is 6.92 Å². The van der Waals surface area contributed by atoms with Crippen LogP contribution in [0.5, 0.6) is 0 Å². The van der Waals surface area contributed by atoms with Crippen molar-refractivity contribution in [2.24, 2.45) is 0 Å². The first kappa shape index (κ1) is 10.4. The molecule has 1 N–H and O–H groups in total. The molecule has 1 aromatic carbocycles. The number of ether oxygens (including phenoxy) is 1. The number of esters is 1. The Morgan fingerprint density at radius 2 is 2.00 bits per heavy atom. The SMILES string of the molecule is COC(=O)c1ccc2c(c1C)NC(=O)C2=O. The van der Waals surface area contributed by atoms with E-state index in [4.69, 9.17) is 0 Å². The molecule has 1 aromatic rings. The molecule has 0 saturated heterocycles. The van der Waals surface area contributed by atoms with Gasteiger partial charge < -0.3 is 10.1 Å². The number of benzene rings is 1. The maximum absolute atomic E-state index is 11.4. The Hall–Kier alpha value is -2.17. The van der Waals surface area contributed by atoms with E-state index in [-0.39, 0.29) is 0 Å². The van der Waals surface area contributed by atoms with Crippen LogP contribution in [0, 0.1) is 6.92 Å². The molecular weight excluding hydrogens is 210 g/mol. The van der Waals surface area contributed by atoms with Crippen LogP contribution >= 0.6 is 0 Å². The van der Waals surface area contributed by atoms with Gasteiger partial charge in [-0.15, -0.1) is 0 Å². The summed E-state index contributed by atoms with van der Waals surface area (Å²) in [6.45, 7) is 1.66. The van der Waals surface area contributed by atoms with Crippen LogP contribution in [-0.4, -0.2) is 24.8 Å². The maximum atomic E-state index is 11.4. The second-order valence-electron chi connectivity index (χ2n) is 3.44. The van der Waals surface area contributed by atoms with Crippen LogP contribution in [0.2, 0.25) is 0 Å². The van der Waals surface area contributed by atoms with E-state index in [0.717, 1.165) is 0 Å². The van der Waals surface area contributed by atoms with Gasteiger partial charge in [0.15, 0.2) is 0 Å². The zero-order valence-corrected chi connectivity index (χ0v) is 8.79. The number of amides is 1. The maximum Gasteiger partial charge on any atom is 0.338 e. The van der Waals surface area contributed by atoms with Crippen molar-refractivity contribution in [2.45, 2.75) is 6.92 Å². The Labute approximate surface area is 91.4 Å². The molecule has 1 heterocycles. The van der Waals surface area contributed by atoms with Crippen molar-refractivity contribution in [2.75, 3.05) is 12.4 Å². The molecule has 0 unspecified atom stereocenters. The summed E-state index contributed by atoms with van der Waals surface area (Å²) in [5.41, 5.74) is 1.59. The molecule has 0 saturated carbocycles. The van der Waals surface area contributed by atoms with Gasteiger partial charge in [-0.2, -0.15) is 0 Å². The third kappa shape index (κ3) is 1.29. The third-order valence-electron chi connectivity index (χ3n) is 2.56. The van der Waals surface area contributed by atoms with E-state index in [1.807, 2.05) is 0 Å². The largest absolute Gasteiger partial charge is 0.465 e. The van der Waals surface area contributed by atoms with E-state index >= 15 is 0 Å². The van der Waals surface area contributed by atoms with Crippen LogP contribution < -0.4 is 5.32 Å². The minimum absolute atomic E-state index is 0.301. The van der Waals surface area contributed by atoms with Gasteiger partial charge in [-0.25, -0.2) is 4.79 Å². The number of rotatable bonds is 1. The highest BCUT2D eigenvalue weighted by molar-refractivity contribution is 6.51. The van der Waals surface area contributed by atoms with Gasteiger partial charge in [0.2, 0.25) is 0 Å². The normalized spacial score (nSPS) is 13.4. The first-order valence-corrected chi connectivity index (χ1v) is 4.64. The predicted molar refractivity (Wildman–Crippen MR) is 55.5 cm³/mol. The number of nitrogens with one attached hydrogen (secondary N) is 1. The van der Waals surface area contributed by atoms with E-state index in [2.05, 4.69) is 10.1 Å². The monoisotopic (exact) mass is 219 g/mol. The number of hydrogen-bond donors (Lipinski definition) is 1. The Balaban J connectivity index is 2.59. The Kier molecular flexibility index (Phi) is 2.23. The van der Waals surface area contributed by atoms with Crippen molar-refractivity contribution < 1.29 is 19.1 Å². The molecule has 1 aliphatic rings. The number of ketones is 1. The average Bonchev–Trinajstić information content (AvgIpc) is 2.57. The fraction of sp³-hybridized carbons (Fsp3) is 0.182. The van der Waals surface area contributed by atoms with Crippen LogP contribution in [0.1, 0.15) is 26.3 Å². The van der Waals surface area contributed by atoms with Crippen LogP contribution in [0.15, 0.2) is 12.1 Å². The second kappa shape index (κ2) is 3.44. The molecule has 0 radical (unpaired) electrons. The molecule has 2 rings (SSSR count). The molecule has 0 fully saturated rings. The van der Waals surface area contributed by atoms with E-state index in [1.165, 1.54) is 19.2 Å². The van der Waals surface area contributed by atoms with Gasteiger partial charge in [-0.05, 0) is 24.6 Å². The van der Waals surface area contributed by atoms with Crippen LogP contribution in [0.3, 0.4) is 0 Å². The summed E-state index contributed by atoms with van der Waals surface area (Å²) in [4.78, 5) is 33.9. The van der Waals surface area contributed by atoms with E-state index in [0.29, 0.717) is 22.4 Å². The van der Waals surface area contributed by atoms with Gasteiger partial charge in [0.25, 0.3) is 11.7 Å². The number of hydrogen-bond acceptors (Lipinski definition) is 4. The lowest BCUT2D eigenvalue weighted by atomic mass is 10.0. The minimum Gasteiger partial charge on any atom is -0.465 e. The Bertz CT molecular complexity index is 519. The van der Waals surface area contributed by atoms with Gasteiger partial charge in [-0.3, -0.25) is 9.59 Å². The highest BCUT2D eigenvalue weighted by Gasteiger charge is 2.30. The molecule has 1 amide bonds. The van der Waals surface area contributed by atoms with Gasteiger partial charge >= 0.3 is 5.97 Å². The van der Waals surface area contributed by atoms with Crippen molar-refractivity contribution >= 4 is 23.3 Å². The number of anilines is 1. The number of Topliss-reactive ketones (excluding diaryl/α,β-unsaturated/α-hetero) is 1. The standard InChI is InChI=1S/C11H9NO4/c1-5-6(11(15)16-2)3-4-7-8(5)12-10(14)9(7)13/h3-4H,1-2H3,(H,12,13,14). The molecule has 0 aliphatic carbocycles. The number of carbonyl (C=O) groups excluding carboxylic acids is 3. The summed E-state index contributed by atoms with van der Waals surface area (Å²) in [7, 11) is 1.28. The summed E-state index contributed by atoms with van der Waals surface area (Å²) in [5, 5.41) is 2.44. The van der Waals surface area contributed by atoms with Gasteiger partial charge in [0.1, 0.15) is 0 Å². The summed E-state index contributed by atoms with van der Waals surface area (Å²) >= 11 is 0. The second-order valence-corrected chi connectivity index (χ2v) is 3.44. The molecule has 0 bridgehead atoms. The zero-order valence-electron chi connectivity index (χ0n) is 8.79. The van der Waals surface area contributed by atoms with Crippen LogP contribution in [-0.2, 0) is 9.53 Å². The first-order valence-electron chi connectivity index (χ1n) is 4.64. The fourth-order valence-corrected chi connectivity index (χ4v) is 1.69. The van der Waals surface area contributed by atoms with Crippen molar-refractivity contribution in [1.82, 2.24) is 0 Å². The lowest BCUT2D eigenvalue weighted by Gasteiger charge is -2.07. The fourth-order valence-electron chi connectivity index (χ4n) is 1.69. The summed E-state index contributed by atoms with van der Waals surface area (Å²) in [6, 6.07) is 2.94. The van der Waals surface area contributed by atoms with E-state index in [9.17, 15) is 14.4 Å². The molecule has 0 spiro atoms. The molecule has 16 heavy (non-hydrogen) atoms. The van der Waals surface area contributed by atoms with Crippen molar-refractivity contribution in [3.63, 3.8) is 0 Å². The molecule has 1 aliphatic heterocycles. The van der Waals surface area contributed by atoms with Gasteiger partial charge in [-0.1, -0.05) is 0 Å². The molecule has 0 aromatic heterocycles. The topological polar surface area (TPSA) is 72.5 Å². The zero-order chi connectivity index (χ0) is 11.9. The van der Waals surface area contributed by atoms with Crippen LogP contribution in [0.25, 0.3) is 0 Å². The van der Waals surface area contributed by atoms with Crippen molar-refractivity contribution in [3.05, 3.63) is 28.8 Å². The van der Waals surface area contributed by atoms with Crippen LogP contribution in [0.4, 0.5) is 5.69 Å². The lowest BCUT2D eigenvalue weighted by molar-refractivity contribution is -0.112. The molecule has 0 atom stereocenters. The lowest BCUT2D eigenvalue weighted by Crippen LogP contribution is -2.12. The minimum atomic E-state index is -0.667. The van der Waals surface area contributed by atoms with Gasteiger partial charge in [0, 0.05) is 0 Å². The number of carbonyl (C=O) groups is 3. The number of fused-ring (bicyclic) bond motifs is 1. The number of methoxy groups -OCH3 is 1. The smallest absolute Gasteiger partial charge is 0.338 e. The summed E-state index contributed by atoms with van der Waals surface area (Å²) < 4.78 is 4.59.